The molecule has 3 aromatic heterocycles. The van der Waals surface area contributed by atoms with E-state index < -0.39 is 26.9 Å². The van der Waals surface area contributed by atoms with Gasteiger partial charge in [0.1, 0.15) is 11.5 Å². The third-order valence-corrected chi connectivity index (χ3v) is 7.79. The molecular weight excluding hydrogens is 469 g/mol. The first-order chi connectivity index (χ1) is 16.6. The number of anilines is 1. The minimum Gasteiger partial charge on any atom is -0.345 e. The van der Waals surface area contributed by atoms with Gasteiger partial charge in [-0.1, -0.05) is 26.8 Å². The molecule has 0 amide bonds. The fraction of sp³-hybridized carbons (Fsp3) is 0.280. The number of aromatic nitrogens is 4. The SMILES string of the molecule is CCC(C)S(=O)(=O)Nc1cccc(C(=O)c2c[nH]c3ncc(-c4cnc(C(C)C)nc4)cc23)c1F. The maximum atomic E-state index is 15.3. The van der Waals surface area contributed by atoms with Crippen LogP contribution in [0.15, 0.2) is 49.1 Å². The Morgan fingerprint density at radius 3 is 2.40 bits per heavy atom. The van der Waals surface area contributed by atoms with E-state index in [0.717, 1.165) is 11.4 Å². The number of carbonyl (C=O) groups excluding carboxylic acids is 1. The predicted octanol–water partition coefficient (Wildman–Crippen LogP) is 5.05. The quantitative estimate of drug-likeness (QED) is 0.330. The Hall–Kier alpha value is -3.66. The minimum absolute atomic E-state index is 0.193. The number of nitrogens with zero attached hydrogens (tertiary/aromatic N) is 3. The first-order valence-electron chi connectivity index (χ1n) is 11.3. The van der Waals surface area contributed by atoms with Gasteiger partial charge in [0.2, 0.25) is 10.0 Å². The van der Waals surface area contributed by atoms with Gasteiger partial charge in [-0.2, -0.15) is 0 Å². The summed E-state index contributed by atoms with van der Waals surface area (Å²) < 4.78 is 42.4. The zero-order valence-electron chi connectivity index (χ0n) is 19.8. The molecule has 1 aromatic carbocycles. The topological polar surface area (TPSA) is 118 Å². The molecule has 0 bridgehead atoms. The smallest absolute Gasteiger partial charge is 0.235 e. The summed E-state index contributed by atoms with van der Waals surface area (Å²) >= 11 is 0. The van der Waals surface area contributed by atoms with Crippen LogP contribution in [0.5, 0.6) is 0 Å². The lowest BCUT2D eigenvalue weighted by Crippen LogP contribution is -2.25. The van der Waals surface area contributed by atoms with Crippen LogP contribution in [0.4, 0.5) is 10.1 Å². The fourth-order valence-electron chi connectivity index (χ4n) is 3.54. The molecule has 8 nitrogen and oxygen atoms in total. The van der Waals surface area contributed by atoms with E-state index in [1.807, 2.05) is 13.8 Å². The van der Waals surface area contributed by atoms with Gasteiger partial charge in [0.25, 0.3) is 0 Å². The normalized spacial score (nSPS) is 12.7. The molecule has 182 valence electrons. The number of aromatic amines is 1. The van der Waals surface area contributed by atoms with Crippen molar-refractivity contribution in [3.8, 4) is 11.1 Å². The Balaban J connectivity index is 1.71. The first kappa shape index (κ1) is 24.5. The number of nitrogens with one attached hydrogen (secondary N) is 2. The van der Waals surface area contributed by atoms with Gasteiger partial charge < -0.3 is 4.98 Å². The highest BCUT2D eigenvalue weighted by Gasteiger charge is 2.24. The van der Waals surface area contributed by atoms with Gasteiger partial charge in [0.15, 0.2) is 11.6 Å². The second-order valence-corrected chi connectivity index (χ2v) is 10.8. The number of hydrogen-bond donors (Lipinski definition) is 2. The summed E-state index contributed by atoms with van der Waals surface area (Å²) in [4.78, 5) is 29.4. The third-order valence-electron chi connectivity index (χ3n) is 5.90. The van der Waals surface area contributed by atoms with Crippen molar-refractivity contribution in [2.24, 2.45) is 0 Å². The van der Waals surface area contributed by atoms with Crippen LogP contribution in [0, 0.1) is 5.82 Å². The molecule has 2 N–H and O–H groups in total. The summed E-state index contributed by atoms with van der Waals surface area (Å²) in [6.07, 6.45) is 6.88. The zero-order valence-corrected chi connectivity index (χ0v) is 20.6. The van der Waals surface area contributed by atoms with Crippen molar-refractivity contribution in [1.82, 2.24) is 19.9 Å². The van der Waals surface area contributed by atoms with Gasteiger partial charge >= 0.3 is 0 Å². The molecule has 1 unspecified atom stereocenters. The average molecular weight is 496 g/mol. The standard InChI is InChI=1S/C25H26FN5O3S/c1-5-15(4)35(33,34)31-21-8-6-7-18(22(21)26)23(32)20-13-30-25-19(20)9-16(10-29-25)17-11-27-24(14(2)3)28-12-17/h6-15,31H,5H2,1-4H3,(H,29,30). The largest absolute Gasteiger partial charge is 0.345 e. The van der Waals surface area contributed by atoms with E-state index in [1.165, 1.54) is 31.3 Å². The second-order valence-electron chi connectivity index (χ2n) is 8.67. The number of fused-ring (bicyclic) bond motifs is 1. The van der Waals surface area contributed by atoms with Crippen LogP contribution in [-0.4, -0.2) is 39.4 Å². The lowest BCUT2D eigenvalue weighted by Gasteiger charge is -2.14. The predicted molar refractivity (Wildman–Crippen MR) is 133 cm³/mol. The van der Waals surface area contributed by atoms with Gasteiger partial charge in [-0.05, 0) is 31.5 Å². The number of sulfonamides is 1. The van der Waals surface area contributed by atoms with Crippen molar-refractivity contribution in [2.45, 2.75) is 45.3 Å². The van der Waals surface area contributed by atoms with Crippen LogP contribution in [-0.2, 0) is 10.0 Å². The maximum absolute atomic E-state index is 15.3. The van der Waals surface area contributed by atoms with Crippen molar-refractivity contribution < 1.29 is 17.6 Å². The summed E-state index contributed by atoms with van der Waals surface area (Å²) in [5.41, 5.74) is 1.61. The van der Waals surface area contributed by atoms with Gasteiger partial charge in [-0.3, -0.25) is 9.52 Å². The van der Waals surface area contributed by atoms with E-state index in [4.69, 9.17) is 0 Å². The summed E-state index contributed by atoms with van der Waals surface area (Å²) in [6.45, 7) is 7.27. The summed E-state index contributed by atoms with van der Waals surface area (Å²) in [6, 6.07) is 5.83. The molecule has 0 fully saturated rings. The van der Waals surface area contributed by atoms with Crippen LogP contribution < -0.4 is 4.72 Å². The van der Waals surface area contributed by atoms with Crippen molar-refractivity contribution in [3.63, 3.8) is 0 Å². The third kappa shape index (κ3) is 4.79. The van der Waals surface area contributed by atoms with Crippen LogP contribution in [0.1, 0.15) is 61.8 Å². The van der Waals surface area contributed by atoms with Crippen LogP contribution >= 0.6 is 0 Å². The number of carbonyl (C=O) groups is 1. The van der Waals surface area contributed by atoms with E-state index >= 15 is 4.39 Å². The molecule has 0 aliphatic carbocycles. The van der Waals surface area contributed by atoms with E-state index in [-0.39, 0.29) is 22.7 Å². The fourth-order valence-corrected chi connectivity index (χ4v) is 4.64. The van der Waals surface area contributed by atoms with E-state index in [2.05, 4.69) is 24.7 Å². The Kier molecular flexibility index (Phi) is 6.66. The molecule has 4 rings (SSSR count). The molecule has 35 heavy (non-hydrogen) atoms. The molecule has 4 aromatic rings. The highest BCUT2D eigenvalue weighted by molar-refractivity contribution is 7.93. The van der Waals surface area contributed by atoms with Crippen LogP contribution in [0.25, 0.3) is 22.2 Å². The minimum atomic E-state index is -3.79. The molecule has 0 radical (unpaired) electrons. The highest BCUT2D eigenvalue weighted by Crippen LogP contribution is 2.28. The molecule has 10 heteroatoms. The van der Waals surface area contributed by atoms with Crippen molar-refractivity contribution in [3.05, 3.63) is 71.8 Å². The summed E-state index contributed by atoms with van der Waals surface area (Å²) in [5, 5.41) is -0.205. The summed E-state index contributed by atoms with van der Waals surface area (Å²) in [7, 11) is -3.79. The summed E-state index contributed by atoms with van der Waals surface area (Å²) in [5.74, 6) is -0.609. The van der Waals surface area contributed by atoms with Crippen LogP contribution in [0.3, 0.4) is 0 Å². The molecule has 3 heterocycles. The van der Waals surface area contributed by atoms with Gasteiger partial charge in [-0.25, -0.2) is 27.8 Å². The molecule has 0 saturated heterocycles. The molecule has 0 aliphatic rings. The van der Waals surface area contributed by atoms with Gasteiger partial charge in [-0.15, -0.1) is 0 Å². The number of hydrogen-bond acceptors (Lipinski definition) is 6. The Morgan fingerprint density at radius 1 is 1.06 bits per heavy atom. The van der Waals surface area contributed by atoms with Crippen molar-refractivity contribution >= 4 is 32.5 Å². The van der Waals surface area contributed by atoms with E-state index in [1.54, 1.807) is 31.6 Å². The van der Waals surface area contributed by atoms with Crippen LogP contribution in [0.2, 0.25) is 0 Å². The number of benzene rings is 1. The number of ketones is 1. The molecule has 0 saturated carbocycles. The highest BCUT2D eigenvalue weighted by atomic mass is 32.2. The van der Waals surface area contributed by atoms with Crippen molar-refractivity contribution in [1.29, 1.82) is 0 Å². The Bertz CT molecular complexity index is 1500. The Labute approximate surface area is 203 Å². The lowest BCUT2D eigenvalue weighted by atomic mass is 10.0. The maximum Gasteiger partial charge on any atom is 0.235 e. The number of H-pyrrole nitrogens is 1. The number of halogens is 1. The molecule has 0 spiro atoms. The average Bonchev–Trinajstić information content (AvgIpc) is 3.27. The number of rotatable bonds is 8. The first-order valence-corrected chi connectivity index (χ1v) is 12.8. The number of pyridine rings is 1. The van der Waals surface area contributed by atoms with E-state index in [0.29, 0.717) is 23.0 Å². The molecular formula is C25H26FN5O3S. The second kappa shape index (κ2) is 9.53. The molecule has 1 atom stereocenters. The monoisotopic (exact) mass is 495 g/mol. The van der Waals surface area contributed by atoms with Gasteiger partial charge in [0.05, 0.1) is 16.5 Å². The lowest BCUT2D eigenvalue weighted by molar-refractivity contribution is 0.103. The molecule has 0 aliphatic heterocycles. The van der Waals surface area contributed by atoms with Crippen molar-refractivity contribution in [2.75, 3.05) is 4.72 Å². The Morgan fingerprint density at radius 2 is 1.74 bits per heavy atom. The van der Waals surface area contributed by atoms with Gasteiger partial charge in [0, 0.05) is 52.8 Å². The zero-order chi connectivity index (χ0) is 25.3. The van der Waals surface area contributed by atoms with E-state index in [9.17, 15) is 13.2 Å².